The molecule has 0 aliphatic carbocycles. The maximum absolute atomic E-state index is 10.2. The van der Waals surface area contributed by atoms with Crippen molar-refractivity contribution in [1.29, 1.82) is 0 Å². The maximum atomic E-state index is 10.2. The molecule has 0 aromatic carbocycles. The van der Waals surface area contributed by atoms with E-state index in [-0.39, 0.29) is 6.42 Å². The highest BCUT2D eigenvalue weighted by atomic mass is 16.4. The van der Waals surface area contributed by atoms with Crippen LogP contribution < -0.4 is 5.32 Å². The molecule has 0 aromatic heterocycles. The molecule has 0 aliphatic rings. The Labute approximate surface area is 64.9 Å². The van der Waals surface area contributed by atoms with Gasteiger partial charge >= 0.3 is 6.09 Å². The number of carbonyl (C=O) groups excluding carboxylic acids is 1. The highest BCUT2D eigenvalue weighted by Gasteiger charge is 2.21. The highest BCUT2D eigenvalue weighted by Crippen LogP contribution is 2.07. The Hall–Kier alpha value is -1.32. The minimum Gasteiger partial charge on any atom is -0.465 e. The van der Waals surface area contributed by atoms with E-state index in [1.807, 2.05) is 0 Å². The average Bonchev–Trinajstić information content (AvgIpc) is 1.87. The Bertz CT molecular complexity index is 179. The number of aldehydes is 1. The molecular weight excluding hydrogens is 146 g/mol. The molecule has 1 unspecified atom stereocenters. The molecule has 1 amide bonds. The lowest BCUT2D eigenvalue weighted by Gasteiger charge is -2.22. The zero-order valence-electron chi connectivity index (χ0n) is 6.33. The molecule has 0 aromatic rings. The van der Waals surface area contributed by atoms with Crippen molar-refractivity contribution in [2.75, 3.05) is 0 Å². The van der Waals surface area contributed by atoms with E-state index < -0.39 is 11.6 Å². The number of carboxylic acid groups (broad SMARTS) is 1. The van der Waals surface area contributed by atoms with Crippen LogP contribution in [0.5, 0.6) is 0 Å². The molecule has 4 heteroatoms. The summed E-state index contributed by atoms with van der Waals surface area (Å²) in [6.45, 7) is 5.01. The second kappa shape index (κ2) is 3.75. The van der Waals surface area contributed by atoms with Crippen molar-refractivity contribution in [3.63, 3.8) is 0 Å². The zero-order valence-corrected chi connectivity index (χ0v) is 6.33. The molecule has 0 fully saturated rings. The van der Waals surface area contributed by atoms with Gasteiger partial charge in [0.05, 0.1) is 5.54 Å². The van der Waals surface area contributed by atoms with Crippen molar-refractivity contribution in [2.24, 2.45) is 0 Å². The normalized spacial score (nSPS) is 14.6. The molecule has 4 nitrogen and oxygen atoms in total. The Balaban J connectivity index is 4.19. The summed E-state index contributed by atoms with van der Waals surface area (Å²) >= 11 is 0. The van der Waals surface area contributed by atoms with E-state index in [1.165, 1.54) is 6.08 Å². The van der Waals surface area contributed by atoms with Crippen LogP contribution in [-0.2, 0) is 4.79 Å². The highest BCUT2D eigenvalue weighted by molar-refractivity contribution is 5.67. The Morgan fingerprint density at radius 2 is 2.36 bits per heavy atom. The molecule has 2 N–H and O–H groups in total. The van der Waals surface area contributed by atoms with Gasteiger partial charge in [-0.1, -0.05) is 6.08 Å². The number of rotatable bonds is 4. The molecule has 0 spiro atoms. The predicted molar refractivity (Wildman–Crippen MR) is 40.4 cm³/mol. The Kier molecular flexibility index (Phi) is 3.30. The van der Waals surface area contributed by atoms with Crippen LogP contribution in [0, 0.1) is 0 Å². The number of hydrogen-bond acceptors (Lipinski definition) is 2. The first-order valence-electron chi connectivity index (χ1n) is 3.12. The number of nitrogens with one attached hydrogen (secondary N) is 1. The molecule has 1 atom stereocenters. The molecule has 0 saturated heterocycles. The van der Waals surface area contributed by atoms with E-state index in [2.05, 4.69) is 11.9 Å². The smallest absolute Gasteiger partial charge is 0.405 e. The SMILES string of the molecule is C=CC(C)(CC=O)NC(=O)O. The summed E-state index contributed by atoms with van der Waals surface area (Å²) in [6, 6.07) is 0. The van der Waals surface area contributed by atoms with Crippen LogP contribution in [-0.4, -0.2) is 23.0 Å². The molecular formula is C7H11NO3. The van der Waals surface area contributed by atoms with Gasteiger partial charge in [-0.05, 0) is 6.92 Å². The lowest BCUT2D eigenvalue weighted by Crippen LogP contribution is -2.43. The van der Waals surface area contributed by atoms with E-state index in [4.69, 9.17) is 5.11 Å². The third kappa shape index (κ3) is 3.40. The van der Waals surface area contributed by atoms with Crippen LogP contribution in [0.3, 0.4) is 0 Å². The van der Waals surface area contributed by atoms with Crippen LogP contribution in [0.25, 0.3) is 0 Å². The quantitative estimate of drug-likeness (QED) is 0.468. The fourth-order valence-corrected chi connectivity index (χ4v) is 0.603. The van der Waals surface area contributed by atoms with Crippen molar-refractivity contribution in [3.05, 3.63) is 12.7 Å². The minimum absolute atomic E-state index is 0.1000. The van der Waals surface area contributed by atoms with E-state index in [0.717, 1.165) is 0 Å². The fourth-order valence-electron chi connectivity index (χ4n) is 0.603. The van der Waals surface area contributed by atoms with Crippen molar-refractivity contribution in [2.45, 2.75) is 18.9 Å². The van der Waals surface area contributed by atoms with E-state index in [0.29, 0.717) is 6.29 Å². The predicted octanol–water partition coefficient (Wildman–Crippen LogP) is 0.788. The summed E-state index contributed by atoms with van der Waals surface area (Å²) in [5.74, 6) is 0. The van der Waals surface area contributed by atoms with E-state index in [1.54, 1.807) is 6.92 Å². The van der Waals surface area contributed by atoms with Crippen LogP contribution in [0.1, 0.15) is 13.3 Å². The topological polar surface area (TPSA) is 66.4 Å². The first-order chi connectivity index (χ1) is 5.04. The van der Waals surface area contributed by atoms with Gasteiger partial charge in [0.2, 0.25) is 0 Å². The second-order valence-corrected chi connectivity index (χ2v) is 2.42. The standard InChI is InChI=1S/C7H11NO3/c1-3-7(2,4-5-9)8-6(10)11/h3,5,8H,1,4H2,2H3,(H,10,11). The van der Waals surface area contributed by atoms with Crippen molar-refractivity contribution >= 4 is 12.4 Å². The third-order valence-corrected chi connectivity index (χ3v) is 1.35. The zero-order chi connectivity index (χ0) is 8.91. The molecule has 0 bridgehead atoms. The number of carbonyl (C=O) groups is 2. The summed E-state index contributed by atoms with van der Waals surface area (Å²) in [4.78, 5) is 20.3. The van der Waals surface area contributed by atoms with Gasteiger partial charge in [0.15, 0.2) is 0 Å². The lowest BCUT2D eigenvalue weighted by molar-refractivity contribution is -0.108. The van der Waals surface area contributed by atoms with Gasteiger partial charge in [-0.15, -0.1) is 6.58 Å². The van der Waals surface area contributed by atoms with Gasteiger partial charge in [-0.25, -0.2) is 4.79 Å². The number of hydrogen-bond donors (Lipinski definition) is 2. The lowest BCUT2D eigenvalue weighted by atomic mass is 9.99. The molecule has 0 saturated carbocycles. The summed E-state index contributed by atoms with van der Waals surface area (Å²) < 4.78 is 0. The van der Waals surface area contributed by atoms with Crippen LogP contribution >= 0.6 is 0 Å². The van der Waals surface area contributed by atoms with Crippen molar-refractivity contribution in [3.8, 4) is 0 Å². The summed E-state index contributed by atoms with van der Waals surface area (Å²) in [7, 11) is 0. The van der Waals surface area contributed by atoms with Gasteiger partial charge < -0.3 is 15.2 Å². The average molecular weight is 157 g/mol. The van der Waals surface area contributed by atoms with Gasteiger partial charge in [-0.2, -0.15) is 0 Å². The monoisotopic (exact) mass is 157 g/mol. The first kappa shape index (κ1) is 9.68. The van der Waals surface area contributed by atoms with Crippen LogP contribution in [0.4, 0.5) is 4.79 Å². The third-order valence-electron chi connectivity index (χ3n) is 1.35. The summed E-state index contributed by atoms with van der Waals surface area (Å²) in [6.07, 6.45) is 0.991. The second-order valence-electron chi connectivity index (χ2n) is 2.42. The molecule has 0 aliphatic heterocycles. The maximum Gasteiger partial charge on any atom is 0.405 e. The van der Waals surface area contributed by atoms with E-state index in [9.17, 15) is 9.59 Å². The summed E-state index contributed by atoms with van der Waals surface area (Å²) in [5.41, 5.74) is -0.840. The van der Waals surface area contributed by atoms with Crippen LogP contribution in [0.2, 0.25) is 0 Å². The molecule has 0 rings (SSSR count). The van der Waals surface area contributed by atoms with Crippen LogP contribution in [0.15, 0.2) is 12.7 Å². The largest absolute Gasteiger partial charge is 0.465 e. The number of amides is 1. The fraction of sp³-hybridized carbons (Fsp3) is 0.429. The van der Waals surface area contributed by atoms with Gasteiger partial charge in [0.1, 0.15) is 6.29 Å². The molecule has 11 heavy (non-hydrogen) atoms. The molecule has 62 valence electrons. The molecule has 0 heterocycles. The minimum atomic E-state index is -1.16. The van der Waals surface area contributed by atoms with Gasteiger partial charge in [0, 0.05) is 6.42 Å². The van der Waals surface area contributed by atoms with Crippen molar-refractivity contribution < 1.29 is 14.7 Å². The van der Waals surface area contributed by atoms with Gasteiger partial charge in [0.25, 0.3) is 0 Å². The van der Waals surface area contributed by atoms with Crippen molar-refractivity contribution in [1.82, 2.24) is 5.32 Å². The van der Waals surface area contributed by atoms with Gasteiger partial charge in [-0.3, -0.25) is 0 Å². The molecule has 0 radical (unpaired) electrons. The first-order valence-corrected chi connectivity index (χ1v) is 3.12. The summed E-state index contributed by atoms with van der Waals surface area (Å²) in [5, 5.41) is 10.5. The van der Waals surface area contributed by atoms with E-state index >= 15 is 0 Å². The Morgan fingerprint density at radius 1 is 1.82 bits per heavy atom. The Morgan fingerprint density at radius 3 is 2.64 bits per heavy atom.